The number of pyridine rings is 1. The van der Waals surface area contributed by atoms with Gasteiger partial charge in [0.2, 0.25) is 5.89 Å². The Balaban J connectivity index is 1.33. The number of alkyl halides is 3. The van der Waals surface area contributed by atoms with E-state index in [-0.39, 0.29) is 18.2 Å². The number of nitrogens with one attached hydrogen (secondary N) is 1. The van der Waals surface area contributed by atoms with E-state index in [9.17, 15) is 18.0 Å². The minimum absolute atomic E-state index is 0.0519. The van der Waals surface area contributed by atoms with E-state index in [4.69, 9.17) is 16.0 Å². The van der Waals surface area contributed by atoms with Gasteiger partial charge >= 0.3 is 6.36 Å². The number of fused-ring (bicyclic) bond motifs is 2. The number of nitrogens with zero attached hydrogens (tertiary/aromatic N) is 3. The van der Waals surface area contributed by atoms with Gasteiger partial charge in [-0.25, -0.2) is 9.97 Å². The van der Waals surface area contributed by atoms with Crippen LogP contribution in [-0.4, -0.2) is 26.6 Å². The van der Waals surface area contributed by atoms with Crippen molar-refractivity contribution < 1.29 is 27.1 Å². The summed E-state index contributed by atoms with van der Waals surface area (Å²) in [7, 11) is 0. The van der Waals surface area contributed by atoms with Gasteiger partial charge in [0.05, 0.1) is 12.2 Å². The highest BCUT2D eigenvalue weighted by atomic mass is 35.5. The van der Waals surface area contributed by atoms with Crippen molar-refractivity contribution in [2.75, 3.05) is 0 Å². The Morgan fingerprint density at radius 1 is 1.08 bits per heavy atom. The van der Waals surface area contributed by atoms with E-state index in [1.165, 1.54) is 24.3 Å². The molecule has 0 unspecified atom stereocenters. The number of carbonyl (C=O) groups excluding carboxylic acids is 1. The second-order valence-electron chi connectivity index (χ2n) is 7.88. The van der Waals surface area contributed by atoms with Crippen LogP contribution in [0.3, 0.4) is 0 Å². The minimum atomic E-state index is -4.75. The van der Waals surface area contributed by atoms with E-state index in [0.717, 1.165) is 5.56 Å². The quantitative estimate of drug-likeness (QED) is 0.292. The van der Waals surface area contributed by atoms with E-state index in [1.54, 1.807) is 40.9 Å². The van der Waals surface area contributed by atoms with Gasteiger partial charge in [-0.3, -0.25) is 9.20 Å². The fraction of sp³-hybridized carbons (Fsp3) is 0.160. The summed E-state index contributed by atoms with van der Waals surface area (Å²) in [6, 6.07) is 14.2. The Bertz CT molecular complexity index is 1580. The first-order chi connectivity index (χ1) is 17.2. The van der Waals surface area contributed by atoms with E-state index in [2.05, 4.69) is 20.0 Å². The van der Waals surface area contributed by atoms with Gasteiger partial charge in [0.25, 0.3) is 5.91 Å². The van der Waals surface area contributed by atoms with Crippen LogP contribution in [0.5, 0.6) is 5.75 Å². The summed E-state index contributed by atoms with van der Waals surface area (Å²) in [5.41, 5.74) is 4.10. The van der Waals surface area contributed by atoms with Crippen molar-refractivity contribution in [1.29, 1.82) is 0 Å². The standard InChI is InChI=1S/C25H18ClF3N4O3/c1-2-18-23(33-10-9-16(26)12-21(33)31-18)24(34)30-13-22-32-19-8-5-15(11-20(19)35-22)14-3-6-17(7-4-14)36-25(27,28)29/h3-12H,2,13H2,1H3,(H,30,34). The third kappa shape index (κ3) is 4.85. The Morgan fingerprint density at radius 2 is 1.83 bits per heavy atom. The topological polar surface area (TPSA) is 81.7 Å². The predicted octanol–water partition coefficient (Wildman–Crippen LogP) is 6.19. The maximum absolute atomic E-state index is 13.0. The molecule has 0 saturated heterocycles. The lowest BCUT2D eigenvalue weighted by atomic mass is 10.1. The third-order valence-electron chi connectivity index (χ3n) is 5.46. The molecule has 0 aliphatic heterocycles. The number of amides is 1. The molecule has 36 heavy (non-hydrogen) atoms. The van der Waals surface area contributed by atoms with Crippen LogP contribution < -0.4 is 10.1 Å². The van der Waals surface area contributed by atoms with E-state index < -0.39 is 6.36 Å². The first-order valence-electron chi connectivity index (χ1n) is 10.9. The molecule has 7 nitrogen and oxygen atoms in total. The van der Waals surface area contributed by atoms with Crippen molar-refractivity contribution in [3.8, 4) is 16.9 Å². The second kappa shape index (κ2) is 9.19. The average molecular weight is 515 g/mol. The van der Waals surface area contributed by atoms with Gasteiger partial charge < -0.3 is 14.5 Å². The van der Waals surface area contributed by atoms with Gasteiger partial charge in [-0.1, -0.05) is 36.7 Å². The third-order valence-corrected chi connectivity index (χ3v) is 5.70. The molecule has 2 aromatic carbocycles. The van der Waals surface area contributed by atoms with Gasteiger partial charge in [-0.2, -0.15) is 0 Å². The zero-order valence-electron chi connectivity index (χ0n) is 18.8. The second-order valence-corrected chi connectivity index (χ2v) is 8.32. The fourth-order valence-corrected chi connectivity index (χ4v) is 4.03. The number of aryl methyl sites for hydroxylation is 1. The van der Waals surface area contributed by atoms with Gasteiger partial charge in [-0.05, 0) is 47.9 Å². The van der Waals surface area contributed by atoms with Crippen LogP contribution in [0.2, 0.25) is 5.02 Å². The predicted molar refractivity (Wildman–Crippen MR) is 127 cm³/mol. The van der Waals surface area contributed by atoms with Crippen molar-refractivity contribution in [3.05, 3.63) is 83.1 Å². The summed E-state index contributed by atoms with van der Waals surface area (Å²) in [4.78, 5) is 21.9. The number of hydrogen-bond donors (Lipinski definition) is 1. The zero-order chi connectivity index (χ0) is 25.4. The summed E-state index contributed by atoms with van der Waals surface area (Å²) in [6.45, 7) is 1.96. The molecule has 3 aromatic heterocycles. The molecule has 0 radical (unpaired) electrons. The number of oxazole rings is 1. The molecule has 0 atom stereocenters. The van der Waals surface area contributed by atoms with Gasteiger partial charge in [0.1, 0.15) is 22.6 Å². The lowest BCUT2D eigenvalue weighted by Gasteiger charge is -2.09. The molecule has 0 saturated carbocycles. The SMILES string of the molecule is CCc1nc2cc(Cl)ccn2c1C(=O)NCc1nc2ccc(-c3ccc(OC(F)(F)F)cc3)cc2o1. The molecule has 0 aliphatic carbocycles. The first kappa shape index (κ1) is 23.7. The highest BCUT2D eigenvalue weighted by Crippen LogP contribution is 2.29. The van der Waals surface area contributed by atoms with Crippen molar-refractivity contribution >= 4 is 34.3 Å². The number of aromatic nitrogens is 3. The molecule has 5 aromatic rings. The van der Waals surface area contributed by atoms with Crippen LogP contribution in [0.4, 0.5) is 13.2 Å². The molecule has 0 spiro atoms. The lowest BCUT2D eigenvalue weighted by molar-refractivity contribution is -0.274. The number of ether oxygens (including phenoxy) is 1. The molecule has 1 N–H and O–H groups in total. The molecule has 5 rings (SSSR count). The van der Waals surface area contributed by atoms with Gasteiger partial charge in [0, 0.05) is 17.3 Å². The summed E-state index contributed by atoms with van der Waals surface area (Å²) in [5, 5.41) is 3.35. The van der Waals surface area contributed by atoms with Crippen molar-refractivity contribution in [3.63, 3.8) is 0 Å². The molecule has 0 aliphatic rings. The molecule has 0 bridgehead atoms. The maximum atomic E-state index is 13.0. The normalized spacial score (nSPS) is 11.8. The van der Waals surface area contributed by atoms with E-state index in [0.29, 0.717) is 51.0 Å². The maximum Gasteiger partial charge on any atom is 0.573 e. The Kier molecular flexibility index (Phi) is 6.05. The minimum Gasteiger partial charge on any atom is -0.439 e. The van der Waals surface area contributed by atoms with Gasteiger partial charge in [0.15, 0.2) is 5.58 Å². The van der Waals surface area contributed by atoms with Crippen LogP contribution >= 0.6 is 11.6 Å². The highest BCUT2D eigenvalue weighted by molar-refractivity contribution is 6.30. The fourth-order valence-electron chi connectivity index (χ4n) is 3.87. The molecule has 0 fully saturated rings. The number of carbonyl (C=O) groups is 1. The largest absolute Gasteiger partial charge is 0.573 e. The summed E-state index contributed by atoms with van der Waals surface area (Å²) >= 11 is 6.04. The Hall–Kier alpha value is -4.05. The van der Waals surface area contributed by atoms with E-state index in [1.807, 2.05) is 6.92 Å². The summed E-state index contributed by atoms with van der Waals surface area (Å²) in [5.74, 6) is -0.324. The highest BCUT2D eigenvalue weighted by Gasteiger charge is 2.31. The van der Waals surface area contributed by atoms with Crippen molar-refractivity contribution in [1.82, 2.24) is 19.7 Å². The molecular weight excluding hydrogens is 497 g/mol. The van der Waals surface area contributed by atoms with Crippen molar-refractivity contribution in [2.24, 2.45) is 0 Å². The zero-order valence-corrected chi connectivity index (χ0v) is 19.5. The number of hydrogen-bond acceptors (Lipinski definition) is 5. The van der Waals surface area contributed by atoms with Crippen LogP contribution in [0.1, 0.15) is 29.0 Å². The lowest BCUT2D eigenvalue weighted by Crippen LogP contribution is -2.25. The summed E-state index contributed by atoms with van der Waals surface area (Å²) < 4.78 is 48.5. The van der Waals surface area contributed by atoms with Crippen LogP contribution in [0.25, 0.3) is 27.9 Å². The number of benzene rings is 2. The monoisotopic (exact) mass is 514 g/mol. The number of halogens is 4. The first-order valence-corrected chi connectivity index (χ1v) is 11.3. The Morgan fingerprint density at radius 3 is 2.56 bits per heavy atom. The Labute approximate surface area is 207 Å². The molecule has 3 heterocycles. The molecule has 11 heteroatoms. The van der Waals surface area contributed by atoms with Crippen molar-refractivity contribution in [2.45, 2.75) is 26.3 Å². The summed E-state index contributed by atoms with van der Waals surface area (Å²) in [6.07, 6.45) is -2.48. The van der Waals surface area contributed by atoms with Crippen LogP contribution in [0.15, 0.2) is 65.2 Å². The van der Waals surface area contributed by atoms with Gasteiger partial charge in [-0.15, -0.1) is 13.2 Å². The molecule has 1 amide bonds. The molecule has 184 valence electrons. The van der Waals surface area contributed by atoms with E-state index >= 15 is 0 Å². The average Bonchev–Trinajstić information content (AvgIpc) is 3.41. The van der Waals surface area contributed by atoms with Crippen LogP contribution in [-0.2, 0) is 13.0 Å². The smallest absolute Gasteiger partial charge is 0.439 e. The molecular formula is C25H18ClF3N4O3. The van der Waals surface area contributed by atoms with Crippen LogP contribution in [0, 0.1) is 0 Å². The number of imidazole rings is 1. The number of rotatable bonds is 6.